The number of carboxylic acids is 1. The van der Waals surface area contributed by atoms with E-state index < -0.39 is 5.97 Å². The van der Waals surface area contributed by atoms with Gasteiger partial charge in [-0.1, -0.05) is 0 Å². The van der Waals surface area contributed by atoms with Crippen LogP contribution in [0.5, 0.6) is 0 Å². The van der Waals surface area contributed by atoms with E-state index in [9.17, 15) is 14.4 Å². The standard InChI is InChI=1S/C14H15NO4/c1-9-8-10(6-7-11(9)14(18)19)15-12(16)4-2-3-5-13(15)17/h6-8H,2-5H2,1H3,(H,18,19). The first-order valence-electron chi connectivity index (χ1n) is 6.20. The lowest BCUT2D eigenvalue weighted by Gasteiger charge is -2.19. The third-order valence-corrected chi connectivity index (χ3v) is 3.23. The molecule has 2 rings (SSSR count). The Hall–Kier alpha value is -2.17. The highest BCUT2D eigenvalue weighted by molar-refractivity contribution is 6.15. The van der Waals surface area contributed by atoms with Crippen molar-refractivity contribution in [3.63, 3.8) is 0 Å². The van der Waals surface area contributed by atoms with Crippen LogP contribution in [0.2, 0.25) is 0 Å². The van der Waals surface area contributed by atoms with Gasteiger partial charge in [-0.2, -0.15) is 0 Å². The lowest BCUT2D eigenvalue weighted by atomic mass is 10.1. The summed E-state index contributed by atoms with van der Waals surface area (Å²) in [7, 11) is 0. The fraction of sp³-hybridized carbons (Fsp3) is 0.357. The number of carbonyl (C=O) groups is 3. The highest BCUT2D eigenvalue weighted by Gasteiger charge is 2.26. The monoisotopic (exact) mass is 261 g/mol. The van der Waals surface area contributed by atoms with Gasteiger partial charge in [-0.05, 0) is 43.5 Å². The highest BCUT2D eigenvalue weighted by atomic mass is 16.4. The fourth-order valence-electron chi connectivity index (χ4n) is 2.23. The summed E-state index contributed by atoms with van der Waals surface area (Å²) in [6.07, 6.45) is 2.14. The summed E-state index contributed by atoms with van der Waals surface area (Å²) in [4.78, 5) is 36.0. The Balaban J connectivity index is 2.39. The first kappa shape index (κ1) is 13.3. The maximum Gasteiger partial charge on any atom is 0.335 e. The van der Waals surface area contributed by atoms with E-state index in [-0.39, 0.29) is 17.4 Å². The molecule has 0 aliphatic carbocycles. The molecule has 0 atom stereocenters. The molecule has 19 heavy (non-hydrogen) atoms. The molecule has 1 aliphatic heterocycles. The summed E-state index contributed by atoms with van der Waals surface area (Å²) in [6, 6.07) is 4.51. The van der Waals surface area contributed by atoms with Gasteiger partial charge in [0.1, 0.15) is 0 Å². The molecule has 5 nitrogen and oxygen atoms in total. The van der Waals surface area contributed by atoms with Gasteiger partial charge in [0.15, 0.2) is 0 Å². The second-order valence-electron chi connectivity index (χ2n) is 4.63. The van der Waals surface area contributed by atoms with E-state index in [1.165, 1.54) is 17.0 Å². The molecule has 100 valence electrons. The van der Waals surface area contributed by atoms with Crippen LogP contribution in [0.3, 0.4) is 0 Å². The predicted molar refractivity (Wildman–Crippen MR) is 69.1 cm³/mol. The maximum absolute atomic E-state index is 11.9. The Labute approximate surface area is 110 Å². The van der Waals surface area contributed by atoms with E-state index in [0.717, 1.165) is 0 Å². The van der Waals surface area contributed by atoms with Crippen molar-refractivity contribution >= 4 is 23.5 Å². The van der Waals surface area contributed by atoms with E-state index in [0.29, 0.717) is 36.9 Å². The second kappa shape index (κ2) is 5.22. The molecule has 1 aliphatic rings. The van der Waals surface area contributed by atoms with Crippen LogP contribution < -0.4 is 4.90 Å². The number of amides is 2. The fourth-order valence-corrected chi connectivity index (χ4v) is 2.23. The quantitative estimate of drug-likeness (QED) is 0.827. The van der Waals surface area contributed by atoms with Crippen molar-refractivity contribution in [1.82, 2.24) is 0 Å². The molecule has 0 spiro atoms. The number of aromatic carboxylic acids is 1. The number of imide groups is 1. The topological polar surface area (TPSA) is 74.7 Å². The number of anilines is 1. The smallest absolute Gasteiger partial charge is 0.335 e. The van der Waals surface area contributed by atoms with Crippen molar-refractivity contribution < 1.29 is 19.5 Å². The average Bonchev–Trinajstić information content (AvgIpc) is 2.50. The van der Waals surface area contributed by atoms with E-state index >= 15 is 0 Å². The Morgan fingerprint density at radius 3 is 2.21 bits per heavy atom. The molecule has 1 N–H and O–H groups in total. The van der Waals surface area contributed by atoms with Gasteiger partial charge in [-0.3, -0.25) is 14.5 Å². The molecule has 0 radical (unpaired) electrons. The molecule has 0 aromatic heterocycles. The van der Waals surface area contributed by atoms with Gasteiger partial charge in [-0.15, -0.1) is 0 Å². The van der Waals surface area contributed by atoms with Crippen molar-refractivity contribution in [2.75, 3.05) is 4.90 Å². The molecule has 0 saturated carbocycles. The second-order valence-corrected chi connectivity index (χ2v) is 4.63. The Kier molecular flexibility index (Phi) is 3.64. The Morgan fingerprint density at radius 1 is 1.16 bits per heavy atom. The highest BCUT2D eigenvalue weighted by Crippen LogP contribution is 2.24. The van der Waals surface area contributed by atoms with E-state index in [2.05, 4.69) is 0 Å². The summed E-state index contributed by atoms with van der Waals surface area (Å²) >= 11 is 0. The number of benzene rings is 1. The number of hydrogen-bond acceptors (Lipinski definition) is 3. The minimum atomic E-state index is -1.02. The molecule has 1 aromatic rings. The normalized spacial score (nSPS) is 16.4. The number of aryl methyl sites for hydroxylation is 1. The average molecular weight is 261 g/mol. The maximum atomic E-state index is 11.9. The van der Waals surface area contributed by atoms with E-state index in [4.69, 9.17) is 5.11 Å². The van der Waals surface area contributed by atoms with Crippen LogP contribution >= 0.6 is 0 Å². The lowest BCUT2D eigenvalue weighted by Crippen LogP contribution is -2.35. The number of rotatable bonds is 2. The van der Waals surface area contributed by atoms with Gasteiger partial charge in [0.2, 0.25) is 11.8 Å². The molecule has 2 amide bonds. The van der Waals surface area contributed by atoms with Crippen LogP contribution in [0, 0.1) is 6.92 Å². The van der Waals surface area contributed by atoms with Crippen LogP contribution in [-0.4, -0.2) is 22.9 Å². The van der Waals surface area contributed by atoms with Crippen LogP contribution in [0.25, 0.3) is 0 Å². The Morgan fingerprint density at radius 2 is 1.74 bits per heavy atom. The number of carboxylic acid groups (broad SMARTS) is 1. The predicted octanol–water partition coefficient (Wildman–Crippen LogP) is 2.13. The molecule has 1 saturated heterocycles. The molecule has 0 unspecified atom stereocenters. The van der Waals surface area contributed by atoms with Gasteiger partial charge in [0.05, 0.1) is 11.3 Å². The van der Waals surface area contributed by atoms with Gasteiger partial charge in [0, 0.05) is 12.8 Å². The summed E-state index contributed by atoms with van der Waals surface area (Å²) in [5.74, 6) is -1.45. The molecular weight excluding hydrogens is 246 g/mol. The number of hydrogen-bond donors (Lipinski definition) is 1. The van der Waals surface area contributed by atoms with Crippen molar-refractivity contribution in [3.8, 4) is 0 Å². The molecule has 1 aromatic carbocycles. The van der Waals surface area contributed by atoms with Crippen LogP contribution in [0.15, 0.2) is 18.2 Å². The van der Waals surface area contributed by atoms with Gasteiger partial charge >= 0.3 is 5.97 Å². The van der Waals surface area contributed by atoms with Crippen LogP contribution in [0.4, 0.5) is 5.69 Å². The van der Waals surface area contributed by atoms with Crippen molar-refractivity contribution in [1.29, 1.82) is 0 Å². The van der Waals surface area contributed by atoms with Crippen LogP contribution in [0.1, 0.15) is 41.6 Å². The summed E-state index contributed by atoms with van der Waals surface area (Å²) in [6.45, 7) is 1.65. The van der Waals surface area contributed by atoms with Crippen LogP contribution in [-0.2, 0) is 9.59 Å². The molecule has 0 bridgehead atoms. The number of nitrogens with zero attached hydrogens (tertiary/aromatic N) is 1. The van der Waals surface area contributed by atoms with Crippen molar-refractivity contribution in [2.45, 2.75) is 32.6 Å². The zero-order chi connectivity index (χ0) is 14.0. The largest absolute Gasteiger partial charge is 0.478 e. The third kappa shape index (κ3) is 2.65. The third-order valence-electron chi connectivity index (χ3n) is 3.23. The lowest BCUT2D eigenvalue weighted by molar-refractivity contribution is -0.125. The van der Waals surface area contributed by atoms with E-state index in [1.54, 1.807) is 13.0 Å². The van der Waals surface area contributed by atoms with Crippen molar-refractivity contribution in [3.05, 3.63) is 29.3 Å². The Bertz CT molecular complexity index is 532. The summed E-state index contributed by atoms with van der Waals surface area (Å²) in [5.41, 5.74) is 1.17. The number of carbonyl (C=O) groups excluding carboxylic acids is 2. The van der Waals surface area contributed by atoms with Gasteiger partial charge in [0.25, 0.3) is 0 Å². The molecule has 1 heterocycles. The van der Waals surface area contributed by atoms with Gasteiger partial charge in [-0.25, -0.2) is 4.79 Å². The minimum Gasteiger partial charge on any atom is -0.478 e. The summed E-state index contributed by atoms with van der Waals surface area (Å²) < 4.78 is 0. The summed E-state index contributed by atoms with van der Waals surface area (Å²) in [5, 5.41) is 8.97. The van der Waals surface area contributed by atoms with Gasteiger partial charge < -0.3 is 5.11 Å². The first-order valence-corrected chi connectivity index (χ1v) is 6.20. The zero-order valence-electron chi connectivity index (χ0n) is 10.7. The van der Waals surface area contributed by atoms with E-state index in [1.807, 2.05) is 0 Å². The molecule has 1 fully saturated rings. The van der Waals surface area contributed by atoms with Crippen molar-refractivity contribution in [2.24, 2.45) is 0 Å². The zero-order valence-corrected chi connectivity index (χ0v) is 10.7. The molecular formula is C14H15NO4. The minimum absolute atomic E-state index is 0.179. The SMILES string of the molecule is Cc1cc(N2C(=O)CCCCC2=O)ccc1C(=O)O. The first-order chi connectivity index (χ1) is 9.00. The molecule has 5 heteroatoms.